The molecule has 150 valence electrons. The van der Waals surface area contributed by atoms with Gasteiger partial charge in [0.15, 0.2) is 0 Å². The zero-order valence-electron chi connectivity index (χ0n) is 17.5. The van der Waals surface area contributed by atoms with Crippen LogP contribution >= 0.6 is 0 Å². The molecule has 6 nitrogen and oxygen atoms in total. The Morgan fingerprint density at radius 3 is 2.75 bits per heavy atom. The van der Waals surface area contributed by atoms with Gasteiger partial charge in [-0.25, -0.2) is 9.78 Å². The number of hydrogen-bond acceptors (Lipinski definition) is 4. The van der Waals surface area contributed by atoms with E-state index in [1.165, 1.54) is 0 Å². The monoisotopic (exact) mass is 382 g/mol. The molecule has 0 aliphatic rings. The lowest BCUT2D eigenvalue weighted by molar-refractivity contribution is 0.0527. The van der Waals surface area contributed by atoms with Crippen molar-refractivity contribution in [3.05, 3.63) is 36.3 Å². The number of amides is 1. The van der Waals surface area contributed by atoms with Crippen molar-refractivity contribution >= 4 is 28.0 Å². The van der Waals surface area contributed by atoms with E-state index in [0.717, 1.165) is 47.0 Å². The standard InChI is InChI=1S/C22H30N4O2/c1-6-15(2)18-19-20(16-10-7-8-11-17(16)25-18)26(14-24-19)13-9-12-23-21(27)28-22(3,4)5/h7-8,10-11,14-15H,6,9,12-13H2,1-5H3,(H,23,27). The van der Waals surface area contributed by atoms with Gasteiger partial charge in [-0.15, -0.1) is 0 Å². The number of nitrogens with zero attached hydrogens (tertiary/aromatic N) is 3. The summed E-state index contributed by atoms with van der Waals surface area (Å²) < 4.78 is 7.45. The Labute approximate surface area is 166 Å². The molecule has 3 rings (SSSR count). The van der Waals surface area contributed by atoms with Crippen LogP contribution in [0.15, 0.2) is 30.6 Å². The predicted molar refractivity (Wildman–Crippen MR) is 113 cm³/mol. The molecule has 0 aliphatic carbocycles. The van der Waals surface area contributed by atoms with Crippen LogP contribution in [0.1, 0.15) is 59.1 Å². The first-order valence-corrected chi connectivity index (χ1v) is 10.0. The van der Waals surface area contributed by atoms with Gasteiger partial charge in [0.05, 0.1) is 23.1 Å². The molecule has 1 unspecified atom stereocenters. The summed E-state index contributed by atoms with van der Waals surface area (Å²) in [5.74, 6) is 0.351. The predicted octanol–water partition coefficient (Wildman–Crippen LogP) is 5.01. The second-order valence-corrected chi connectivity index (χ2v) is 8.24. The Balaban J connectivity index is 1.81. The van der Waals surface area contributed by atoms with Crippen LogP contribution in [0.3, 0.4) is 0 Å². The SMILES string of the molecule is CCC(C)c1nc2ccccc2c2c1ncn2CCCNC(=O)OC(C)(C)C. The second kappa shape index (κ2) is 8.17. The number of alkyl carbamates (subject to hydrolysis) is 1. The van der Waals surface area contributed by atoms with E-state index in [4.69, 9.17) is 9.72 Å². The molecule has 1 amide bonds. The molecule has 0 aliphatic heterocycles. The van der Waals surface area contributed by atoms with Gasteiger partial charge in [0.2, 0.25) is 0 Å². The lowest BCUT2D eigenvalue weighted by Gasteiger charge is -2.19. The minimum atomic E-state index is -0.483. The molecule has 3 aromatic rings. The molecule has 1 atom stereocenters. The fraction of sp³-hybridized carbons (Fsp3) is 0.500. The molecule has 1 N–H and O–H groups in total. The van der Waals surface area contributed by atoms with Gasteiger partial charge in [-0.1, -0.05) is 32.0 Å². The minimum Gasteiger partial charge on any atom is -0.444 e. The van der Waals surface area contributed by atoms with E-state index in [9.17, 15) is 4.79 Å². The third kappa shape index (κ3) is 4.43. The maximum atomic E-state index is 11.8. The third-order valence-electron chi connectivity index (χ3n) is 4.80. The molecule has 2 aromatic heterocycles. The minimum absolute atomic E-state index is 0.351. The molecule has 1 aromatic carbocycles. The van der Waals surface area contributed by atoms with E-state index in [1.807, 2.05) is 39.2 Å². The Morgan fingerprint density at radius 2 is 2.04 bits per heavy atom. The first kappa shape index (κ1) is 20.1. The zero-order chi connectivity index (χ0) is 20.3. The number of ether oxygens (including phenoxy) is 1. The Morgan fingerprint density at radius 1 is 1.29 bits per heavy atom. The van der Waals surface area contributed by atoms with Crippen LogP contribution in [0.4, 0.5) is 4.79 Å². The first-order chi connectivity index (χ1) is 13.3. The summed E-state index contributed by atoms with van der Waals surface area (Å²) in [7, 11) is 0. The van der Waals surface area contributed by atoms with Crippen LogP contribution in [0.5, 0.6) is 0 Å². The van der Waals surface area contributed by atoms with Gasteiger partial charge in [0.25, 0.3) is 0 Å². The summed E-state index contributed by atoms with van der Waals surface area (Å²) >= 11 is 0. The van der Waals surface area contributed by atoms with Crippen LogP contribution in [0, 0.1) is 0 Å². The number of imidazole rings is 1. The van der Waals surface area contributed by atoms with E-state index < -0.39 is 5.60 Å². The average molecular weight is 383 g/mol. The molecule has 2 heterocycles. The average Bonchev–Trinajstić information content (AvgIpc) is 3.07. The number of carbonyl (C=O) groups is 1. The third-order valence-corrected chi connectivity index (χ3v) is 4.80. The maximum Gasteiger partial charge on any atom is 0.407 e. The molecule has 0 radical (unpaired) electrons. The Hall–Kier alpha value is -2.63. The van der Waals surface area contributed by atoms with E-state index in [-0.39, 0.29) is 6.09 Å². The van der Waals surface area contributed by atoms with Gasteiger partial charge >= 0.3 is 6.09 Å². The summed E-state index contributed by atoms with van der Waals surface area (Å²) in [6, 6.07) is 8.21. The number of pyridine rings is 1. The van der Waals surface area contributed by atoms with Crippen molar-refractivity contribution in [2.24, 2.45) is 0 Å². The number of aromatic nitrogens is 3. The summed E-state index contributed by atoms with van der Waals surface area (Å²) in [4.78, 5) is 21.4. The van der Waals surface area contributed by atoms with E-state index >= 15 is 0 Å². The number of para-hydroxylation sites is 1. The van der Waals surface area contributed by atoms with Crippen molar-refractivity contribution < 1.29 is 9.53 Å². The van der Waals surface area contributed by atoms with Crippen LogP contribution in [0.25, 0.3) is 21.9 Å². The number of hydrogen-bond donors (Lipinski definition) is 1. The van der Waals surface area contributed by atoms with Crippen molar-refractivity contribution in [1.82, 2.24) is 19.9 Å². The van der Waals surface area contributed by atoms with Gasteiger partial charge in [-0.05, 0) is 39.7 Å². The van der Waals surface area contributed by atoms with E-state index in [2.05, 4.69) is 40.8 Å². The molecule has 28 heavy (non-hydrogen) atoms. The lowest BCUT2D eigenvalue weighted by atomic mass is 10.0. The second-order valence-electron chi connectivity index (χ2n) is 8.24. The van der Waals surface area contributed by atoms with Crippen molar-refractivity contribution in [3.63, 3.8) is 0 Å². The molecule has 0 bridgehead atoms. The normalized spacial score (nSPS) is 13.0. The number of nitrogens with one attached hydrogen (secondary N) is 1. The highest BCUT2D eigenvalue weighted by atomic mass is 16.6. The molecule has 0 spiro atoms. The lowest BCUT2D eigenvalue weighted by Crippen LogP contribution is -2.33. The summed E-state index contributed by atoms with van der Waals surface area (Å²) in [6.45, 7) is 11.3. The highest BCUT2D eigenvalue weighted by Crippen LogP contribution is 2.30. The first-order valence-electron chi connectivity index (χ1n) is 10.0. The van der Waals surface area contributed by atoms with Crippen molar-refractivity contribution in [3.8, 4) is 0 Å². The van der Waals surface area contributed by atoms with Crippen molar-refractivity contribution in [2.45, 2.75) is 65.5 Å². The fourth-order valence-electron chi connectivity index (χ4n) is 3.27. The highest BCUT2D eigenvalue weighted by Gasteiger charge is 2.18. The summed E-state index contributed by atoms with van der Waals surface area (Å²) in [5.41, 5.74) is 3.68. The Bertz CT molecular complexity index is 972. The van der Waals surface area contributed by atoms with Crippen LogP contribution in [-0.2, 0) is 11.3 Å². The molecular weight excluding hydrogens is 352 g/mol. The van der Waals surface area contributed by atoms with Crippen LogP contribution in [0.2, 0.25) is 0 Å². The smallest absolute Gasteiger partial charge is 0.407 e. The number of carbonyl (C=O) groups excluding carboxylic acids is 1. The van der Waals surface area contributed by atoms with Gasteiger partial charge in [-0.3, -0.25) is 4.98 Å². The van der Waals surface area contributed by atoms with Gasteiger partial charge in [0, 0.05) is 24.4 Å². The molecule has 6 heteroatoms. The molecule has 0 fully saturated rings. The van der Waals surface area contributed by atoms with Gasteiger partial charge < -0.3 is 14.6 Å². The zero-order valence-corrected chi connectivity index (χ0v) is 17.5. The topological polar surface area (TPSA) is 69.0 Å². The van der Waals surface area contributed by atoms with Crippen molar-refractivity contribution in [1.29, 1.82) is 0 Å². The Kier molecular flexibility index (Phi) is 5.87. The highest BCUT2D eigenvalue weighted by molar-refractivity contribution is 6.03. The number of rotatable bonds is 6. The van der Waals surface area contributed by atoms with Gasteiger partial charge in [0.1, 0.15) is 11.1 Å². The summed E-state index contributed by atoms with van der Waals surface area (Å²) in [5, 5.41) is 3.93. The van der Waals surface area contributed by atoms with Crippen molar-refractivity contribution in [2.75, 3.05) is 6.54 Å². The maximum absolute atomic E-state index is 11.8. The van der Waals surface area contributed by atoms with Gasteiger partial charge in [-0.2, -0.15) is 0 Å². The number of aryl methyl sites for hydroxylation is 1. The quantitative estimate of drug-likeness (QED) is 0.608. The van der Waals surface area contributed by atoms with Crippen LogP contribution in [-0.4, -0.2) is 32.8 Å². The fourth-order valence-corrected chi connectivity index (χ4v) is 3.27. The number of benzene rings is 1. The molecule has 0 saturated heterocycles. The van der Waals surface area contributed by atoms with E-state index in [1.54, 1.807) is 0 Å². The summed E-state index contributed by atoms with van der Waals surface area (Å²) in [6.07, 6.45) is 3.32. The number of fused-ring (bicyclic) bond motifs is 3. The van der Waals surface area contributed by atoms with E-state index in [0.29, 0.717) is 12.5 Å². The molecular formula is C22H30N4O2. The largest absolute Gasteiger partial charge is 0.444 e. The molecule has 0 saturated carbocycles. The van der Waals surface area contributed by atoms with Crippen LogP contribution < -0.4 is 5.32 Å².